The first-order valence-corrected chi connectivity index (χ1v) is 9.84. The van der Waals surface area contributed by atoms with Crippen LogP contribution in [0.2, 0.25) is 0 Å². The molecule has 3 atom stereocenters. The zero-order chi connectivity index (χ0) is 21.4. The van der Waals surface area contributed by atoms with Gasteiger partial charge in [0.2, 0.25) is 11.8 Å². The molecule has 3 saturated heterocycles. The maximum atomic E-state index is 15.0. The van der Waals surface area contributed by atoms with Crippen LogP contribution >= 0.6 is 0 Å². The molecule has 3 unspecified atom stereocenters. The Hall–Kier alpha value is -2.88. The van der Waals surface area contributed by atoms with Gasteiger partial charge in [-0.3, -0.25) is 14.5 Å². The number of ether oxygens (including phenoxy) is 2. The van der Waals surface area contributed by atoms with Crippen LogP contribution in [0.3, 0.4) is 0 Å². The quantitative estimate of drug-likeness (QED) is 0.766. The molecule has 3 aliphatic rings. The maximum Gasteiger partial charge on any atom is 0.414 e. The number of hydrogen-bond acceptors (Lipinski definition) is 6. The van der Waals surface area contributed by atoms with Crippen molar-refractivity contribution in [1.29, 1.82) is 0 Å². The van der Waals surface area contributed by atoms with Gasteiger partial charge in [0.05, 0.1) is 43.2 Å². The third kappa shape index (κ3) is 3.91. The van der Waals surface area contributed by atoms with Crippen molar-refractivity contribution in [3.63, 3.8) is 0 Å². The fourth-order valence-corrected chi connectivity index (χ4v) is 4.21. The lowest BCUT2D eigenvalue weighted by molar-refractivity contribution is -0.137. The van der Waals surface area contributed by atoms with Gasteiger partial charge in [-0.2, -0.15) is 0 Å². The lowest BCUT2D eigenvalue weighted by atomic mass is 10.1. The van der Waals surface area contributed by atoms with Gasteiger partial charge in [0.1, 0.15) is 11.9 Å². The average molecular weight is 419 g/mol. The number of anilines is 2. The smallest absolute Gasteiger partial charge is 0.414 e. The molecule has 3 heterocycles. The van der Waals surface area contributed by atoms with Gasteiger partial charge in [-0.1, -0.05) is 0 Å². The Balaban J connectivity index is 1.46. The predicted octanol–water partition coefficient (Wildman–Crippen LogP) is 0.537. The highest BCUT2D eigenvalue weighted by Gasteiger charge is 2.42. The number of nitrogens with one attached hydrogen (secondary N) is 1. The Morgan fingerprint density at radius 3 is 2.80 bits per heavy atom. The summed E-state index contributed by atoms with van der Waals surface area (Å²) in [6.07, 6.45) is -1.26. The molecule has 9 nitrogen and oxygen atoms in total. The number of carbonyl (C=O) groups excluding carboxylic acids is 3. The predicted molar refractivity (Wildman–Crippen MR) is 106 cm³/mol. The van der Waals surface area contributed by atoms with Gasteiger partial charge in [0.25, 0.3) is 0 Å². The highest BCUT2D eigenvalue weighted by atomic mass is 19.1. The standard InChI is InChI=1S/C20H24FN4O5/c1-12(26)22-8-15-9-25(20(28)30-15)14-3-4-17(16(21)7-14)23-10-18-19(11-23)29-6-5-24(18)13(2)27/h3-4,7,15,18-19H,2,5-6,8-11H2,1H3,(H,22,26). The van der Waals surface area contributed by atoms with Crippen LogP contribution in [0, 0.1) is 12.7 Å². The summed E-state index contributed by atoms with van der Waals surface area (Å²) in [4.78, 5) is 39.8. The van der Waals surface area contributed by atoms with Gasteiger partial charge in [0.15, 0.2) is 0 Å². The molecule has 3 aliphatic heterocycles. The lowest BCUT2D eigenvalue weighted by Crippen LogP contribution is -2.52. The Labute approximate surface area is 173 Å². The first-order chi connectivity index (χ1) is 14.3. The fourth-order valence-electron chi connectivity index (χ4n) is 4.21. The molecular formula is C20H24FN4O5. The zero-order valence-electron chi connectivity index (χ0n) is 16.7. The average Bonchev–Trinajstić information content (AvgIpc) is 3.29. The molecule has 0 aromatic heterocycles. The topological polar surface area (TPSA) is 91.4 Å². The second kappa shape index (κ2) is 8.10. The molecule has 1 aromatic carbocycles. The minimum Gasteiger partial charge on any atom is -0.442 e. The first-order valence-electron chi connectivity index (χ1n) is 9.84. The summed E-state index contributed by atoms with van der Waals surface area (Å²) in [5.74, 6) is -0.946. The van der Waals surface area contributed by atoms with Gasteiger partial charge >= 0.3 is 6.09 Å². The van der Waals surface area contributed by atoms with Gasteiger partial charge < -0.3 is 24.6 Å². The summed E-state index contributed by atoms with van der Waals surface area (Å²) < 4.78 is 25.9. The Morgan fingerprint density at radius 1 is 1.30 bits per heavy atom. The molecule has 30 heavy (non-hydrogen) atoms. The van der Waals surface area contributed by atoms with Crippen molar-refractivity contribution in [2.45, 2.75) is 25.2 Å². The molecule has 1 radical (unpaired) electrons. The van der Waals surface area contributed by atoms with Crippen LogP contribution in [-0.4, -0.2) is 80.4 Å². The number of benzene rings is 1. The van der Waals surface area contributed by atoms with Gasteiger partial charge in [-0.25, -0.2) is 9.18 Å². The highest BCUT2D eigenvalue weighted by Crippen LogP contribution is 2.32. The minimum atomic E-state index is -0.581. The van der Waals surface area contributed by atoms with E-state index in [-0.39, 0.29) is 37.0 Å². The molecular weight excluding hydrogens is 395 g/mol. The van der Waals surface area contributed by atoms with Crippen LogP contribution in [0.1, 0.15) is 6.92 Å². The minimum absolute atomic E-state index is 0.161. The van der Waals surface area contributed by atoms with Crippen molar-refractivity contribution < 1.29 is 28.2 Å². The Kier molecular flexibility index (Phi) is 5.50. The number of nitrogens with zero attached hydrogens (tertiary/aromatic N) is 3. The second-order valence-corrected chi connectivity index (χ2v) is 7.66. The summed E-state index contributed by atoms with van der Waals surface area (Å²) in [5, 5.41) is 2.61. The van der Waals surface area contributed by atoms with E-state index in [1.165, 1.54) is 17.9 Å². The third-order valence-electron chi connectivity index (χ3n) is 5.66. The van der Waals surface area contributed by atoms with Crippen LogP contribution in [0.25, 0.3) is 0 Å². The molecule has 0 bridgehead atoms. The number of rotatable bonds is 4. The molecule has 1 N–H and O–H groups in total. The van der Waals surface area contributed by atoms with E-state index < -0.39 is 18.0 Å². The van der Waals surface area contributed by atoms with E-state index in [9.17, 15) is 18.8 Å². The van der Waals surface area contributed by atoms with Crippen LogP contribution in [0.5, 0.6) is 0 Å². The number of fused-ring (bicyclic) bond motifs is 1. The second-order valence-electron chi connectivity index (χ2n) is 7.66. The van der Waals surface area contributed by atoms with Crippen molar-refractivity contribution >= 4 is 29.3 Å². The summed E-state index contributed by atoms with van der Waals surface area (Å²) >= 11 is 0. The summed E-state index contributed by atoms with van der Waals surface area (Å²) in [6.45, 7) is 7.15. The van der Waals surface area contributed by atoms with Gasteiger partial charge in [-0.05, 0) is 18.2 Å². The lowest BCUT2D eigenvalue weighted by Gasteiger charge is -2.35. The molecule has 3 amide bonds. The number of cyclic esters (lactones) is 1. The SMILES string of the molecule is [CH2]C(=O)N1CCOC2CN(c3ccc(N4CC(CNC(C)=O)OC4=O)cc3F)CC21. The van der Waals surface area contributed by atoms with E-state index in [2.05, 4.69) is 12.2 Å². The molecule has 10 heteroatoms. The van der Waals surface area contributed by atoms with Crippen molar-refractivity contribution in [1.82, 2.24) is 10.2 Å². The van der Waals surface area contributed by atoms with Gasteiger partial charge in [0, 0.05) is 33.5 Å². The normalized spacial score (nSPS) is 25.9. The Morgan fingerprint density at radius 2 is 2.10 bits per heavy atom. The van der Waals surface area contributed by atoms with Crippen molar-refractivity contribution in [2.75, 3.05) is 49.1 Å². The molecule has 3 fully saturated rings. The van der Waals surface area contributed by atoms with Crippen molar-refractivity contribution in [3.05, 3.63) is 30.9 Å². The number of amides is 3. The molecule has 0 aliphatic carbocycles. The van der Waals surface area contributed by atoms with E-state index in [1.54, 1.807) is 17.0 Å². The number of morpholine rings is 1. The van der Waals surface area contributed by atoms with E-state index in [0.29, 0.717) is 37.6 Å². The van der Waals surface area contributed by atoms with Crippen molar-refractivity contribution in [2.24, 2.45) is 0 Å². The van der Waals surface area contributed by atoms with E-state index in [4.69, 9.17) is 9.47 Å². The molecule has 4 rings (SSSR count). The summed E-state index contributed by atoms with van der Waals surface area (Å²) in [5.41, 5.74) is 0.768. The van der Waals surface area contributed by atoms with E-state index in [0.717, 1.165) is 0 Å². The Bertz CT molecular complexity index is 866. The summed E-state index contributed by atoms with van der Waals surface area (Å²) in [6, 6.07) is 4.41. The largest absolute Gasteiger partial charge is 0.442 e. The molecule has 0 saturated carbocycles. The van der Waals surface area contributed by atoms with Crippen LogP contribution in [0.15, 0.2) is 18.2 Å². The summed E-state index contributed by atoms with van der Waals surface area (Å²) in [7, 11) is 0. The molecule has 0 spiro atoms. The number of halogens is 1. The van der Waals surface area contributed by atoms with Crippen LogP contribution < -0.4 is 15.1 Å². The molecule has 1 aromatic rings. The van der Waals surface area contributed by atoms with Crippen molar-refractivity contribution in [3.8, 4) is 0 Å². The third-order valence-corrected chi connectivity index (χ3v) is 5.66. The highest BCUT2D eigenvalue weighted by molar-refractivity contribution is 5.90. The fraction of sp³-hybridized carbons (Fsp3) is 0.500. The first kappa shape index (κ1) is 20.4. The molecule has 161 valence electrons. The van der Waals surface area contributed by atoms with E-state index in [1.807, 2.05) is 4.90 Å². The monoisotopic (exact) mass is 419 g/mol. The van der Waals surface area contributed by atoms with Crippen LogP contribution in [-0.2, 0) is 19.1 Å². The van der Waals surface area contributed by atoms with E-state index >= 15 is 0 Å². The zero-order valence-corrected chi connectivity index (χ0v) is 16.7. The number of hydrogen-bond donors (Lipinski definition) is 1. The maximum absolute atomic E-state index is 15.0. The van der Waals surface area contributed by atoms with Crippen LogP contribution in [0.4, 0.5) is 20.6 Å². The number of carbonyl (C=O) groups is 3. The van der Waals surface area contributed by atoms with Gasteiger partial charge in [-0.15, -0.1) is 0 Å².